The highest BCUT2D eigenvalue weighted by molar-refractivity contribution is 5.41. The molecule has 1 aromatic rings. The Balaban J connectivity index is 2.45. The van der Waals surface area contributed by atoms with Crippen LogP contribution in [0.4, 0.5) is 0 Å². The van der Waals surface area contributed by atoms with Gasteiger partial charge in [-0.25, -0.2) is 0 Å². The molecular weight excluding hydrogens is 170 g/mol. The Kier molecular flexibility index (Phi) is 2.60. The van der Waals surface area contributed by atoms with E-state index in [1.54, 1.807) is 5.56 Å². The van der Waals surface area contributed by atoms with Gasteiger partial charge in [-0.2, -0.15) is 0 Å². The molecule has 0 fully saturated rings. The number of aryl methyl sites for hydroxylation is 1. The van der Waals surface area contributed by atoms with E-state index >= 15 is 0 Å². The zero-order chi connectivity index (χ0) is 10.1. The summed E-state index contributed by atoms with van der Waals surface area (Å²) in [6.07, 6.45) is 2.40. The van der Waals surface area contributed by atoms with Gasteiger partial charge in [0.25, 0.3) is 0 Å². The normalized spacial score (nSPS) is 25.1. The number of nitrogens with one attached hydrogen (secondary N) is 1. The van der Waals surface area contributed by atoms with E-state index in [4.69, 9.17) is 0 Å². The Bertz CT molecular complexity index is 330. The Hall–Kier alpha value is -0.820. The molecule has 1 nitrogen and oxygen atoms in total. The molecule has 1 heteroatoms. The lowest BCUT2D eigenvalue weighted by Crippen LogP contribution is -2.19. The lowest BCUT2D eigenvalue weighted by atomic mass is 10.0. The second-order valence-corrected chi connectivity index (χ2v) is 4.29. The van der Waals surface area contributed by atoms with Gasteiger partial charge in [0, 0.05) is 6.04 Å². The van der Waals surface area contributed by atoms with Gasteiger partial charge >= 0.3 is 0 Å². The minimum absolute atomic E-state index is 0.566. The van der Waals surface area contributed by atoms with Gasteiger partial charge in [-0.15, -0.1) is 0 Å². The van der Waals surface area contributed by atoms with Gasteiger partial charge in [0.1, 0.15) is 0 Å². The first kappa shape index (κ1) is 9.72. The van der Waals surface area contributed by atoms with Crippen molar-refractivity contribution >= 4 is 0 Å². The molecule has 0 radical (unpaired) electrons. The summed E-state index contributed by atoms with van der Waals surface area (Å²) in [5.41, 5.74) is 4.66. The Labute approximate surface area is 86.5 Å². The van der Waals surface area contributed by atoms with Gasteiger partial charge in [0.15, 0.2) is 0 Å². The van der Waals surface area contributed by atoms with Crippen LogP contribution in [-0.2, 0) is 12.8 Å². The molecule has 0 aromatic heterocycles. The average Bonchev–Trinajstić information content (AvgIpc) is 2.52. The number of rotatable bonds is 2. The van der Waals surface area contributed by atoms with Crippen molar-refractivity contribution in [3.05, 3.63) is 34.9 Å². The van der Waals surface area contributed by atoms with E-state index in [0.29, 0.717) is 6.04 Å². The average molecular weight is 189 g/mol. The molecule has 0 aliphatic heterocycles. The Morgan fingerprint density at radius 1 is 1.43 bits per heavy atom. The van der Waals surface area contributed by atoms with Crippen molar-refractivity contribution in [3.8, 4) is 0 Å². The van der Waals surface area contributed by atoms with Gasteiger partial charge in [0.2, 0.25) is 0 Å². The minimum atomic E-state index is 0.566. The van der Waals surface area contributed by atoms with Crippen LogP contribution in [-0.4, -0.2) is 7.05 Å². The summed E-state index contributed by atoms with van der Waals surface area (Å²) < 4.78 is 0. The van der Waals surface area contributed by atoms with Gasteiger partial charge < -0.3 is 5.32 Å². The van der Waals surface area contributed by atoms with Gasteiger partial charge in [-0.05, 0) is 42.5 Å². The fourth-order valence-corrected chi connectivity index (χ4v) is 2.71. The van der Waals surface area contributed by atoms with Crippen molar-refractivity contribution in [2.75, 3.05) is 7.05 Å². The third kappa shape index (κ3) is 1.36. The predicted octanol–water partition coefficient (Wildman–Crippen LogP) is 2.70. The third-order valence-corrected chi connectivity index (χ3v) is 3.43. The van der Waals surface area contributed by atoms with E-state index in [0.717, 1.165) is 12.3 Å². The Morgan fingerprint density at radius 2 is 2.21 bits per heavy atom. The second-order valence-electron chi connectivity index (χ2n) is 4.29. The van der Waals surface area contributed by atoms with Crippen molar-refractivity contribution in [1.82, 2.24) is 5.32 Å². The highest BCUT2D eigenvalue weighted by Gasteiger charge is 2.28. The molecule has 0 amide bonds. The van der Waals surface area contributed by atoms with Crippen LogP contribution in [0.2, 0.25) is 0 Å². The number of hydrogen-bond acceptors (Lipinski definition) is 1. The fourth-order valence-electron chi connectivity index (χ4n) is 2.71. The lowest BCUT2D eigenvalue weighted by molar-refractivity contribution is 0.446. The summed E-state index contributed by atoms with van der Waals surface area (Å²) in [7, 11) is 2.06. The second kappa shape index (κ2) is 3.74. The SMILES string of the molecule is CCc1cccc2c1CC(C)C2NC. The highest BCUT2D eigenvalue weighted by atomic mass is 14.9. The van der Waals surface area contributed by atoms with Crippen LogP contribution in [0.5, 0.6) is 0 Å². The maximum atomic E-state index is 3.42. The van der Waals surface area contributed by atoms with Crippen LogP contribution in [0.25, 0.3) is 0 Å². The minimum Gasteiger partial charge on any atom is -0.313 e. The molecule has 1 aliphatic carbocycles. The molecular formula is C13H19N. The van der Waals surface area contributed by atoms with Crippen molar-refractivity contribution in [2.24, 2.45) is 5.92 Å². The molecule has 1 aromatic carbocycles. The molecule has 1 aliphatic rings. The van der Waals surface area contributed by atoms with Crippen molar-refractivity contribution in [1.29, 1.82) is 0 Å². The molecule has 1 N–H and O–H groups in total. The quantitative estimate of drug-likeness (QED) is 0.754. The van der Waals surface area contributed by atoms with Gasteiger partial charge in [-0.1, -0.05) is 32.0 Å². The zero-order valence-corrected chi connectivity index (χ0v) is 9.30. The first-order valence-electron chi connectivity index (χ1n) is 5.55. The van der Waals surface area contributed by atoms with Crippen LogP contribution >= 0.6 is 0 Å². The summed E-state index contributed by atoms with van der Waals surface area (Å²) >= 11 is 0. The molecule has 0 heterocycles. The number of benzene rings is 1. The summed E-state index contributed by atoms with van der Waals surface area (Å²) in [5, 5.41) is 3.42. The van der Waals surface area contributed by atoms with Crippen LogP contribution < -0.4 is 5.32 Å². The largest absolute Gasteiger partial charge is 0.313 e. The molecule has 2 unspecified atom stereocenters. The predicted molar refractivity (Wildman–Crippen MR) is 60.5 cm³/mol. The first-order chi connectivity index (χ1) is 6.77. The van der Waals surface area contributed by atoms with Crippen molar-refractivity contribution in [3.63, 3.8) is 0 Å². The summed E-state index contributed by atoms with van der Waals surface area (Å²) in [6, 6.07) is 7.31. The van der Waals surface area contributed by atoms with E-state index in [1.807, 2.05) is 0 Å². The van der Waals surface area contributed by atoms with Crippen LogP contribution in [0, 0.1) is 5.92 Å². The fraction of sp³-hybridized carbons (Fsp3) is 0.538. The highest BCUT2D eigenvalue weighted by Crippen LogP contribution is 2.37. The van der Waals surface area contributed by atoms with Crippen LogP contribution in [0.15, 0.2) is 18.2 Å². The molecule has 2 rings (SSSR count). The molecule has 0 saturated heterocycles. The van der Waals surface area contributed by atoms with E-state index < -0.39 is 0 Å². The molecule has 14 heavy (non-hydrogen) atoms. The third-order valence-electron chi connectivity index (χ3n) is 3.43. The zero-order valence-electron chi connectivity index (χ0n) is 9.30. The molecule has 0 spiro atoms. The summed E-state index contributed by atoms with van der Waals surface area (Å²) in [4.78, 5) is 0. The van der Waals surface area contributed by atoms with Crippen molar-refractivity contribution in [2.45, 2.75) is 32.7 Å². The monoisotopic (exact) mass is 189 g/mol. The van der Waals surface area contributed by atoms with Crippen LogP contribution in [0.3, 0.4) is 0 Å². The maximum absolute atomic E-state index is 3.42. The standard InChI is InChI=1S/C13H19N/c1-4-10-6-5-7-11-12(10)8-9(2)13(11)14-3/h5-7,9,13-14H,4,8H2,1-3H3. The summed E-state index contributed by atoms with van der Waals surface area (Å²) in [5.74, 6) is 0.739. The van der Waals surface area contributed by atoms with Gasteiger partial charge in [-0.3, -0.25) is 0 Å². The molecule has 2 atom stereocenters. The first-order valence-corrected chi connectivity index (χ1v) is 5.55. The summed E-state index contributed by atoms with van der Waals surface area (Å²) in [6.45, 7) is 4.58. The topological polar surface area (TPSA) is 12.0 Å². The van der Waals surface area contributed by atoms with E-state index in [2.05, 4.69) is 44.4 Å². The molecule has 0 saturated carbocycles. The number of hydrogen-bond donors (Lipinski definition) is 1. The maximum Gasteiger partial charge on any atom is 0.0349 e. The van der Waals surface area contributed by atoms with E-state index in [-0.39, 0.29) is 0 Å². The van der Waals surface area contributed by atoms with Gasteiger partial charge in [0.05, 0.1) is 0 Å². The molecule has 76 valence electrons. The molecule has 0 bridgehead atoms. The lowest BCUT2D eigenvalue weighted by Gasteiger charge is -2.15. The Morgan fingerprint density at radius 3 is 2.86 bits per heavy atom. The van der Waals surface area contributed by atoms with Crippen molar-refractivity contribution < 1.29 is 0 Å². The smallest absolute Gasteiger partial charge is 0.0349 e. The van der Waals surface area contributed by atoms with E-state index in [1.165, 1.54) is 17.5 Å². The number of fused-ring (bicyclic) bond motifs is 1. The van der Waals surface area contributed by atoms with E-state index in [9.17, 15) is 0 Å². The van der Waals surface area contributed by atoms with Crippen LogP contribution in [0.1, 0.15) is 36.6 Å².